The molecule has 2 rings (SSSR count). The fraction of sp³-hybridized carbons (Fsp3) is 0.500. The van der Waals surface area contributed by atoms with Crippen molar-refractivity contribution in [2.75, 3.05) is 20.3 Å². The molecule has 0 N–H and O–H groups in total. The van der Waals surface area contributed by atoms with Gasteiger partial charge in [0, 0.05) is 0 Å². The molecule has 4 nitrogen and oxygen atoms in total. The maximum absolute atomic E-state index is 13.0. The van der Waals surface area contributed by atoms with Crippen LogP contribution < -0.4 is 0 Å². The van der Waals surface area contributed by atoms with Gasteiger partial charge in [-0.3, -0.25) is 4.79 Å². The molecule has 0 saturated carbocycles. The Bertz CT molecular complexity index is 457. The van der Waals surface area contributed by atoms with Crippen molar-refractivity contribution < 1.29 is 23.4 Å². The lowest BCUT2D eigenvalue weighted by atomic mass is 9.81. The number of hydrogen-bond donors (Lipinski definition) is 0. The summed E-state index contributed by atoms with van der Waals surface area (Å²) in [4.78, 5) is 12.1. The highest BCUT2D eigenvalue weighted by molar-refractivity contribution is 5.83. The van der Waals surface area contributed by atoms with Crippen molar-refractivity contribution in [3.05, 3.63) is 35.6 Å². The average molecular weight is 268 g/mol. The van der Waals surface area contributed by atoms with Crippen molar-refractivity contribution in [3.8, 4) is 0 Å². The number of benzene rings is 1. The van der Waals surface area contributed by atoms with Crippen LogP contribution in [0, 0.1) is 5.82 Å². The monoisotopic (exact) mass is 268 g/mol. The topological polar surface area (TPSA) is 44.8 Å². The second kappa shape index (κ2) is 4.90. The predicted octanol–water partition coefficient (Wildman–Crippen LogP) is 2.02. The second-order valence-electron chi connectivity index (χ2n) is 5.06. The summed E-state index contributed by atoms with van der Waals surface area (Å²) < 4.78 is 29.0. The molecule has 0 spiro atoms. The van der Waals surface area contributed by atoms with Gasteiger partial charge in [-0.25, -0.2) is 4.39 Å². The van der Waals surface area contributed by atoms with Crippen LogP contribution in [-0.2, 0) is 24.4 Å². The van der Waals surface area contributed by atoms with E-state index in [2.05, 4.69) is 0 Å². The van der Waals surface area contributed by atoms with Gasteiger partial charge in [-0.2, -0.15) is 0 Å². The van der Waals surface area contributed by atoms with Gasteiger partial charge >= 0.3 is 5.97 Å². The summed E-state index contributed by atoms with van der Waals surface area (Å²) in [5.41, 5.74) is -0.422. The Morgan fingerprint density at radius 1 is 1.21 bits per heavy atom. The highest BCUT2D eigenvalue weighted by Gasteiger charge is 2.48. The summed E-state index contributed by atoms with van der Waals surface area (Å²) in [5.74, 6) is -1.55. The highest BCUT2D eigenvalue weighted by Crippen LogP contribution is 2.34. The third kappa shape index (κ3) is 2.62. The smallest absolute Gasteiger partial charge is 0.321 e. The number of hydrogen-bond acceptors (Lipinski definition) is 4. The lowest BCUT2D eigenvalue weighted by Crippen LogP contribution is -2.54. The molecule has 1 aliphatic rings. The van der Waals surface area contributed by atoms with Gasteiger partial charge in [-0.15, -0.1) is 0 Å². The molecule has 0 unspecified atom stereocenters. The molecule has 1 aromatic rings. The van der Waals surface area contributed by atoms with Gasteiger partial charge in [-0.05, 0) is 31.5 Å². The van der Waals surface area contributed by atoms with E-state index in [0.29, 0.717) is 5.56 Å². The SMILES string of the molecule is COC(=O)C1(c2ccc(F)cc2)COC(C)(C)OC1. The van der Waals surface area contributed by atoms with E-state index < -0.39 is 17.2 Å². The first kappa shape index (κ1) is 14.0. The first-order chi connectivity index (χ1) is 8.89. The van der Waals surface area contributed by atoms with Crippen LogP contribution in [0.2, 0.25) is 0 Å². The fourth-order valence-corrected chi connectivity index (χ4v) is 2.04. The average Bonchev–Trinajstić information content (AvgIpc) is 2.39. The number of esters is 1. The number of carbonyl (C=O) groups excluding carboxylic acids is 1. The van der Waals surface area contributed by atoms with Crippen LogP contribution in [0.1, 0.15) is 19.4 Å². The van der Waals surface area contributed by atoms with Crippen LogP contribution in [0.3, 0.4) is 0 Å². The van der Waals surface area contributed by atoms with E-state index >= 15 is 0 Å². The molecule has 1 aliphatic heterocycles. The van der Waals surface area contributed by atoms with Gasteiger partial charge in [0.25, 0.3) is 0 Å². The minimum atomic E-state index is -1.04. The molecule has 0 amide bonds. The summed E-state index contributed by atoms with van der Waals surface area (Å²) in [7, 11) is 1.31. The molecule has 1 aromatic carbocycles. The summed E-state index contributed by atoms with van der Waals surface area (Å²) in [6.45, 7) is 3.83. The lowest BCUT2D eigenvalue weighted by molar-refractivity contribution is -0.269. The van der Waals surface area contributed by atoms with Crippen molar-refractivity contribution in [2.45, 2.75) is 25.0 Å². The Morgan fingerprint density at radius 3 is 2.21 bits per heavy atom. The molecule has 1 fully saturated rings. The van der Waals surface area contributed by atoms with Crippen LogP contribution in [0.15, 0.2) is 24.3 Å². The molecule has 0 aliphatic carbocycles. The molecule has 0 atom stereocenters. The lowest BCUT2D eigenvalue weighted by Gasteiger charge is -2.41. The Morgan fingerprint density at radius 2 is 1.74 bits per heavy atom. The van der Waals surface area contributed by atoms with Gasteiger partial charge in [0.05, 0.1) is 20.3 Å². The predicted molar refractivity (Wildman–Crippen MR) is 66.1 cm³/mol. The molecular formula is C14H17FO4. The van der Waals surface area contributed by atoms with E-state index in [-0.39, 0.29) is 19.0 Å². The van der Waals surface area contributed by atoms with Crippen molar-refractivity contribution >= 4 is 5.97 Å². The maximum atomic E-state index is 13.0. The molecule has 1 heterocycles. The molecule has 0 aromatic heterocycles. The van der Waals surface area contributed by atoms with E-state index in [1.54, 1.807) is 26.0 Å². The minimum Gasteiger partial charge on any atom is -0.468 e. The number of halogens is 1. The third-order valence-corrected chi connectivity index (χ3v) is 3.31. The Hall–Kier alpha value is -1.46. The number of ether oxygens (including phenoxy) is 3. The maximum Gasteiger partial charge on any atom is 0.321 e. The fourth-order valence-electron chi connectivity index (χ4n) is 2.04. The molecule has 5 heteroatoms. The zero-order valence-electron chi connectivity index (χ0n) is 11.2. The van der Waals surface area contributed by atoms with Gasteiger partial charge < -0.3 is 14.2 Å². The molecule has 0 bridgehead atoms. The molecule has 104 valence electrons. The summed E-state index contributed by atoms with van der Waals surface area (Å²) in [6, 6.07) is 5.72. The van der Waals surface area contributed by atoms with Crippen molar-refractivity contribution in [2.24, 2.45) is 0 Å². The van der Waals surface area contributed by atoms with E-state index in [1.165, 1.54) is 19.2 Å². The zero-order chi connectivity index (χ0) is 14.1. The largest absolute Gasteiger partial charge is 0.468 e. The van der Waals surface area contributed by atoms with Crippen molar-refractivity contribution in [1.82, 2.24) is 0 Å². The van der Waals surface area contributed by atoms with Gasteiger partial charge in [0.2, 0.25) is 0 Å². The van der Waals surface area contributed by atoms with E-state index in [9.17, 15) is 9.18 Å². The van der Waals surface area contributed by atoms with Crippen LogP contribution in [0.4, 0.5) is 4.39 Å². The van der Waals surface area contributed by atoms with Gasteiger partial charge in [0.15, 0.2) is 5.79 Å². The van der Waals surface area contributed by atoms with E-state index in [1.807, 2.05) is 0 Å². The van der Waals surface area contributed by atoms with Crippen molar-refractivity contribution in [1.29, 1.82) is 0 Å². The minimum absolute atomic E-state index is 0.137. The summed E-state index contributed by atoms with van der Waals surface area (Å²) in [5, 5.41) is 0. The van der Waals surface area contributed by atoms with Crippen LogP contribution >= 0.6 is 0 Å². The van der Waals surface area contributed by atoms with Gasteiger partial charge in [0.1, 0.15) is 11.2 Å². The number of rotatable bonds is 2. The first-order valence-electron chi connectivity index (χ1n) is 6.02. The second-order valence-corrected chi connectivity index (χ2v) is 5.06. The van der Waals surface area contributed by atoms with Gasteiger partial charge in [-0.1, -0.05) is 12.1 Å². The number of methoxy groups -OCH3 is 1. The molecule has 19 heavy (non-hydrogen) atoms. The Kier molecular flexibility index (Phi) is 3.60. The molecule has 0 radical (unpaired) electrons. The molecule has 1 saturated heterocycles. The van der Waals surface area contributed by atoms with E-state index in [4.69, 9.17) is 14.2 Å². The van der Waals surface area contributed by atoms with Crippen LogP contribution in [0.25, 0.3) is 0 Å². The zero-order valence-corrected chi connectivity index (χ0v) is 11.2. The normalized spacial score (nSPS) is 20.8. The number of carbonyl (C=O) groups is 1. The Balaban J connectivity index is 2.36. The highest BCUT2D eigenvalue weighted by atomic mass is 19.1. The summed E-state index contributed by atoms with van der Waals surface area (Å²) >= 11 is 0. The Labute approximate surface area is 111 Å². The van der Waals surface area contributed by atoms with Crippen molar-refractivity contribution in [3.63, 3.8) is 0 Å². The van der Waals surface area contributed by atoms with E-state index in [0.717, 1.165) is 0 Å². The first-order valence-corrected chi connectivity index (χ1v) is 6.02. The third-order valence-electron chi connectivity index (χ3n) is 3.31. The summed E-state index contributed by atoms with van der Waals surface area (Å²) in [6.07, 6.45) is 0. The van der Waals surface area contributed by atoms with Crippen LogP contribution in [-0.4, -0.2) is 32.1 Å². The quantitative estimate of drug-likeness (QED) is 0.770. The van der Waals surface area contributed by atoms with Crippen LogP contribution in [0.5, 0.6) is 0 Å². The molecular weight excluding hydrogens is 251 g/mol. The standard InChI is InChI=1S/C14H17FO4/c1-13(2)18-8-14(9-19-13,12(16)17-3)10-4-6-11(15)7-5-10/h4-7H,8-9H2,1-3H3.